The summed E-state index contributed by atoms with van der Waals surface area (Å²) in [6.07, 6.45) is 2.84. The van der Waals surface area contributed by atoms with Crippen LogP contribution in [0.5, 0.6) is 0 Å². The smallest absolute Gasteiger partial charge is 0.351 e. The Morgan fingerprint density at radius 1 is 0.892 bits per heavy atom. The highest BCUT2D eigenvalue weighted by Crippen LogP contribution is 2.33. The molecule has 2 fully saturated rings. The maximum absolute atomic E-state index is 13.0. The van der Waals surface area contributed by atoms with Crippen molar-refractivity contribution in [2.45, 2.75) is 50.7 Å². The molecule has 5 rings (SSSR count). The summed E-state index contributed by atoms with van der Waals surface area (Å²) in [5, 5.41) is 4.00. The van der Waals surface area contributed by atoms with E-state index in [0.717, 1.165) is 67.6 Å². The molecule has 37 heavy (non-hydrogen) atoms. The zero-order chi connectivity index (χ0) is 25.8. The average molecular weight is 513 g/mol. The van der Waals surface area contributed by atoms with Crippen LogP contribution in [0.2, 0.25) is 0 Å². The molecule has 0 aliphatic carbocycles. The average Bonchev–Trinajstić information content (AvgIpc) is 3.17. The third-order valence-electron chi connectivity index (χ3n) is 7.79. The van der Waals surface area contributed by atoms with Crippen molar-refractivity contribution in [2.75, 3.05) is 39.3 Å². The number of alkyl halides is 3. The van der Waals surface area contributed by atoms with Crippen LogP contribution in [0.1, 0.15) is 54.6 Å². The molecule has 0 radical (unpaired) electrons. The third kappa shape index (κ3) is 6.36. The van der Waals surface area contributed by atoms with Gasteiger partial charge in [-0.2, -0.15) is 13.2 Å². The van der Waals surface area contributed by atoms with Crippen LogP contribution in [0.25, 0.3) is 22.0 Å². The van der Waals surface area contributed by atoms with Gasteiger partial charge < -0.3 is 20.1 Å². The number of hydrogen-bond acceptors (Lipinski definition) is 3. The molecule has 0 unspecified atom stereocenters. The molecule has 2 N–H and O–H groups in total. The molecular weight excluding hydrogens is 477 g/mol. The Kier molecular flexibility index (Phi) is 7.86. The Bertz CT molecular complexity index is 1190. The molecule has 2 aliphatic heterocycles. The van der Waals surface area contributed by atoms with Gasteiger partial charge in [0.25, 0.3) is 5.91 Å². The lowest BCUT2D eigenvalue weighted by molar-refractivity contribution is -0.137. The fourth-order valence-electron chi connectivity index (χ4n) is 5.57. The minimum absolute atomic E-state index is 0.141. The zero-order valence-electron chi connectivity index (χ0n) is 21.1. The SMILES string of the molecule is O=C(NC1CCN(CCN2CCCCCC2)CC1)c1cc2c(-c3ccc(C(F)(F)F)cc3)cccc2[nH]1. The highest BCUT2D eigenvalue weighted by molar-refractivity contribution is 6.03. The van der Waals surface area contributed by atoms with Crippen molar-refractivity contribution in [3.8, 4) is 11.1 Å². The van der Waals surface area contributed by atoms with Crippen molar-refractivity contribution in [1.82, 2.24) is 20.1 Å². The van der Waals surface area contributed by atoms with E-state index in [2.05, 4.69) is 20.1 Å². The van der Waals surface area contributed by atoms with Crippen molar-refractivity contribution >= 4 is 16.8 Å². The predicted octanol–water partition coefficient (Wildman–Crippen LogP) is 5.92. The second-order valence-corrected chi connectivity index (χ2v) is 10.4. The van der Waals surface area contributed by atoms with Crippen molar-refractivity contribution in [1.29, 1.82) is 0 Å². The monoisotopic (exact) mass is 512 g/mol. The first-order valence-electron chi connectivity index (χ1n) is 13.4. The lowest BCUT2D eigenvalue weighted by Crippen LogP contribution is -2.46. The summed E-state index contributed by atoms with van der Waals surface area (Å²) in [5.41, 5.74) is 2.05. The van der Waals surface area contributed by atoms with Crippen LogP contribution in [-0.2, 0) is 6.18 Å². The van der Waals surface area contributed by atoms with E-state index in [4.69, 9.17) is 0 Å². The van der Waals surface area contributed by atoms with Crippen molar-refractivity contribution < 1.29 is 18.0 Å². The molecule has 2 aliphatic rings. The van der Waals surface area contributed by atoms with Crippen LogP contribution >= 0.6 is 0 Å². The highest BCUT2D eigenvalue weighted by Gasteiger charge is 2.30. The minimum Gasteiger partial charge on any atom is -0.351 e. The topological polar surface area (TPSA) is 51.4 Å². The number of aromatic amines is 1. The van der Waals surface area contributed by atoms with Crippen LogP contribution in [0.15, 0.2) is 48.5 Å². The Morgan fingerprint density at radius 3 is 2.19 bits per heavy atom. The fourth-order valence-corrected chi connectivity index (χ4v) is 5.57. The first kappa shape index (κ1) is 25.8. The Hall–Kier alpha value is -2.84. The summed E-state index contributed by atoms with van der Waals surface area (Å²) in [7, 11) is 0. The normalized spacial score (nSPS) is 18.7. The van der Waals surface area contributed by atoms with Crippen molar-refractivity contribution in [3.05, 3.63) is 59.8 Å². The number of aromatic nitrogens is 1. The van der Waals surface area contributed by atoms with Gasteiger partial charge in [0.05, 0.1) is 5.56 Å². The van der Waals surface area contributed by atoms with Gasteiger partial charge in [0, 0.05) is 43.1 Å². The summed E-state index contributed by atoms with van der Waals surface area (Å²) in [5.74, 6) is -0.141. The molecule has 1 amide bonds. The number of likely N-dealkylation sites (tertiary alicyclic amines) is 2. The van der Waals surface area contributed by atoms with Gasteiger partial charge in [-0.1, -0.05) is 37.1 Å². The number of hydrogen-bond donors (Lipinski definition) is 2. The number of rotatable bonds is 6. The van der Waals surface area contributed by atoms with E-state index in [1.54, 1.807) is 6.07 Å². The molecule has 3 heterocycles. The summed E-state index contributed by atoms with van der Waals surface area (Å²) in [6, 6.07) is 12.7. The van der Waals surface area contributed by atoms with E-state index in [-0.39, 0.29) is 11.9 Å². The number of halogens is 3. The Morgan fingerprint density at radius 2 is 1.54 bits per heavy atom. The summed E-state index contributed by atoms with van der Waals surface area (Å²) in [4.78, 5) is 21.3. The summed E-state index contributed by atoms with van der Waals surface area (Å²) in [6.45, 7) is 6.64. The Balaban J connectivity index is 1.18. The van der Waals surface area contributed by atoms with Gasteiger partial charge in [0.2, 0.25) is 0 Å². The van der Waals surface area contributed by atoms with Crippen molar-refractivity contribution in [3.63, 3.8) is 0 Å². The molecule has 0 atom stereocenters. The number of nitrogens with zero attached hydrogens (tertiary/aromatic N) is 2. The number of benzene rings is 2. The number of amides is 1. The number of H-pyrrole nitrogens is 1. The molecular formula is C29H35F3N4O. The lowest BCUT2D eigenvalue weighted by atomic mass is 10.00. The molecule has 0 saturated carbocycles. The van der Waals surface area contributed by atoms with Gasteiger partial charge in [0.15, 0.2) is 0 Å². The molecule has 3 aromatic rings. The largest absolute Gasteiger partial charge is 0.416 e. The fraction of sp³-hybridized carbons (Fsp3) is 0.483. The maximum Gasteiger partial charge on any atom is 0.416 e. The van der Waals surface area contributed by atoms with Crippen LogP contribution in [0, 0.1) is 0 Å². The number of piperidine rings is 1. The molecule has 0 spiro atoms. The molecule has 8 heteroatoms. The maximum atomic E-state index is 13.0. The molecule has 2 aromatic carbocycles. The summed E-state index contributed by atoms with van der Waals surface area (Å²) >= 11 is 0. The van der Waals surface area contributed by atoms with Gasteiger partial charge in [0.1, 0.15) is 5.69 Å². The second kappa shape index (κ2) is 11.3. The van der Waals surface area contributed by atoms with Gasteiger partial charge in [-0.3, -0.25) is 4.79 Å². The van der Waals surface area contributed by atoms with Gasteiger partial charge in [-0.25, -0.2) is 0 Å². The van der Waals surface area contributed by atoms with Gasteiger partial charge in [-0.15, -0.1) is 0 Å². The standard InChI is InChI=1S/C29H35F3N4O/c30-29(31,32)22-10-8-21(9-11-22)24-6-5-7-26-25(24)20-27(34-26)28(37)33-23-12-16-36(17-13-23)19-18-35-14-3-1-2-4-15-35/h5-11,20,23,34H,1-4,12-19H2,(H,33,37). The second-order valence-electron chi connectivity index (χ2n) is 10.4. The lowest BCUT2D eigenvalue weighted by Gasteiger charge is -2.33. The number of nitrogens with one attached hydrogen (secondary N) is 2. The van der Waals surface area contributed by atoms with Gasteiger partial charge >= 0.3 is 6.18 Å². The molecule has 5 nitrogen and oxygen atoms in total. The predicted molar refractivity (Wildman–Crippen MR) is 141 cm³/mol. The molecule has 198 valence electrons. The van der Waals surface area contributed by atoms with E-state index in [1.807, 2.05) is 18.2 Å². The molecule has 2 saturated heterocycles. The van der Waals surface area contributed by atoms with Crippen LogP contribution < -0.4 is 5.32 Å². The van der Waals surface area contributed by atoms with Crippen LogP contribution in [0.4, 0.5) is 13.2 Å². The summed E-state index contributed by atoms with van der Waals surface area (Å²) < 4.78 is 38.9. The molecule has 1 aromatic heterocycles. The number of fused-ring (bicyclic) bond motifs is 1. The quantitative estimate of drug-likeness (QED) is 0.431. The van der Waals surface area contributed by atoms with E-state index >= 15 is 0 Å². The van der Waals surface area contributed by atoms with Crippen LogP contribution in [-0.4, -0.2) is 66.0 Å². The van der Waals surface area contributed by atoms with Crippen molar-refractivity contribution in [2.24, 2.45) is 0 Å². The van der Waals surface area contributed by atoms with E-state index in [1.165, 1.54) is 50.9 Å². The number of carbonyl (C=O) groups is 1. The first-order chi connectivity index (χ1) is 17.9. The minimum atomic E-state index is -4.37. The Labute approximate surface area is 216 Å². The molecule has 0 bridgehead atoms. The number of carbonyl (C=O) groups excluding carboxylic acids is 1. The van der Waals surface area contributed by atoms with Gasteiger partial charge in [-0.05, 0) is 74.2 Å². The first-order valence-corrected chi connectivity index (χ1v) is 13.4. The zero-order valence-corrected chi connectivity index (χ0v) is 21.1. The third-order valence-corrected chi connectivity index (χ3v) is 7.79. The van der Waals surface area contributed by atoms with E-state index < -0.39 is 11.7 Å². The van der Waals surface area contributed by atoms with E-state index in [0.29, 0.717) is 11.3 Å². The van der Waals surface area contributed by atoms with Crippen LogP contribution in [0.3, 0.4) is 0 Å². The van der Waals surface area contributed by atoms with E-state index in [9.17, 15) is 18.0 Å². The highest BCUT2D eigenvalue weighted by atomic mass is 19.4.